The number of hydrogen-bond donors (Lipinski definition) is 3. The maximum atomic E-state index is 9.86. The highest BCUT2D eigenvalue weighted by molar-refractivity contribution is 5.85. The van der Waals surface area contributed by atoms with E-state index in [0.29, 0.717) is 23.7 Å². The van der Waals surface area contributed by atoms with Gasteiger partial charge in [-0.05, 0) is 60.3 Å². The number of hydrogen-bond acceptors (Lipinski definition) is 6. The lowest BCUT2D eigenvalue weighted by Crippen LogP contribution is -2.31. The molecule has 0 bridgehead atoms. The van der Waals surface area contributed by atoms with Crippen molar-refractivity contribution in [2.45, 2.75) is 18.9 Å². The van der Waals surface area contributed by atoms with Crippen LogP contribution in [0.5, 0.6) is 28.7 Å². The van der Waals surface area contributed by atoms with Crippen molar-refractivity contribution in [1.29, 1.82) is 0 Å². The third-order valence-corrected chi connectivity index (χ3v) is 4.56. The number of ether oxygens (including phenoxy) is 3. The lowest BCUT2D eigenvalue weighted by molar-refractivity contribution is 0.323. The molecule has 1 unspecified atom stereocenters. The van der Waals surface area contributed by atoms with E-state index in [1.165, 1.54) is 0 Å². The van der Waals surface area contributed by atoms with Gasteiger partial charge < -0.3 is 35.2 Å². The number of aromatic hydroxyl groups is 2. The fraction of sp³-hybridized carbons (Fsp3) is 0.368. The van der Waals surface area contributed by atoms with E-state index in [-0.39, 0.29) is 35.4 Å². The van der Waals surface area contributed by atoms with E-state index >= 15 is 0 Å². The molecule has 1 atom stereocenters. The van der Waals surface area contributed by atoms with Crippen molar-refractivity contribution in [2.24, 2.45) is 0 Å². The molecule has 2 aromatic carbocycles. The molecule has 5 N–H and O–H groups in total. The maximum absolute atomic E-state index is 9.86. The number of fused-ring (bicyclic) bond motifs is 1. The van der Waals surface area contributed by atoms with Gasteiger partial charge in [0, 0.05) is 6.04 Å². The van der Waals surface area contributed by atoms with Gasteiger partial charge in [0.15, 0.2) is 23.0 Å². The number of phenolic OH excluding ortho intramolecular Hbond substituents is 2. The molecule has 0 aromatic heterocycles. The van der Waals surface area contributed by atoms with Gasteiger partial charge in [-0.3, -0.25) is 0 Å². The second-order valence-corrected chi connectivity index (χ2v) is 6.03. The zero-order chi connectivity index (χ0) is 18.0. The predicted molar refractivity (Wildman–Crippen MR) is 105 cm³/mol. The summed E-state index contributed by atoms with van der Waals surface area (Å²) in [6, 6.07) is 7.17. The molecule has 0 spiro atoms. The lowest BCUT2D eigenvalue weighted by Gasteiger charge is -2.28. The molecule has 150 valence electrons. The molecule has 0 aliphatic carbocycles. The van der Waals surface area contributed by atoms with Gasteiger partial charge in [-0.25, -0.2) is 0 Å². The fourth-order valence-corrected chi connectivity index (χ4v) is 3.34. The van der Waals surface area contributed by atoms with Gasteiger partial charge >= 0.3 is 0 Å². The van der Waals surface area contributed by atoms with Crippen LogP contribution in [0.2, 0.25) is 0 Å². The maximum Gasteiger partial charge on any atom is 0.203 e. The molecule has 1 aliphatic rings. The molecule has 0 radical (unpaired) electrons. The first kappa shape index (κ1) is 22.7. The molecule has 0 fully saturated rings. The standard InChI is InChI=1S/C19H23NO5.ClH.H2O/c1-23-17-7-11(8-18(24-2)19(17)25-3)6-14-13-10-16(22)15(21)9-12(13)4-5-20-14;;/h7-10,14,20-22H,4-6H2,1-3H3;1H;1H2. The molecule has 0 saturated carbocycles. The largest absolute Gasteiger partial charge is 0.504 e. The van der Waals surface area contributed by atoms with Crippen molar-refractivity contribution < 1.29 is 29.9 Å². The number of halogens is 1. The SMILES string of the molecule is COc1cc(CC2NCCc3cc(O)c(O)cc32)cc(OC)c1OC.Cl.O. The van der Waals surface area contributed by atoms with Crippen molar-refractivity contribution in [3.8, 4) is 28.7 Å². The molecule has 1 aliphatic heterocycles. The Balaban J connectivity index is 0.00000182. The van der Waals surface area contributed by atoms with Crippen LogP contribution in [0, 0.1) is 0 Å². The normalized spacial score (nSPS) is 15.0. The van der Waals surface area contributed by atoms with Crippen LogP contribution in [-0.4, -0.2) is 43.6 Å². The molecule has 0 amide bonds. The van der Waals surface area contributed by atoms with Crippen LogP contribution < -0.4 is 19.5 Å². The first-order valence-corrected chi connectivity index (χ1v) is 8.14. The Morgan fingerprint density at radius 3 is 2.11 bits per heavy atom. The Morgan fingerprint density at radius 1 is 0.963 bits per heavy atom. The number of methoxy groups -OCH3 is 3. The molecule has 7 nitrogen and oxygen atoms in total. The predicted octanol–water partition coefficient (Wildman–Crippen LogP) is 2.15. The Morgan fingerprint density at radius 2 is 1.56 bits per heavy atom. The molecule has 0 saturated heterocycles. The van der Waals surface area contributed by atoms with Crippen molar-refractivity contribution in [2.75, 3.05) is 27.9 Å². The van der Waals surface area contributed by atoms with E-state index in [4.69, 9.17) is 14.2 Å². The third-order valence-electron chi connectivity index (χ3n) is 4.56. The van der Waals surface area contributed by atoms with Gasteiger partial charge in [-0.15, -0.1) is 12.4 Å². The highest BCUT2D eigenvalue weighted by Gasteiger charge is 2.23. The summed E-state index contributed by atoms with van der Waals surface area (Å²) in [5.41, 5.74) is 3.06. The highest BCUT2D eigenvalue weighted by Crippen LogP contribution is 2.40. The summed E-state index contributed by atoms with van der Waals surface area (Å²) in [4.78, 5) is 0. The molecule has 2 aromatic rings. The summed E-state index contributed by atoms with van der Waals surface area (Å²) in [7, 11) is 4.76. The van der Waals surface area contributed by atoms with E-state index in [0.717, 1.165) is 29.7 Å². The van der Waals surface area contributed by atoms with Gasteiger partial charge in [0.1, 0.15) is 0 Å². The highest BCUT2D eigenvalue weighted by atomic mass is 35.5. The van der Waals surface area contributed by atoms with Crippen molar-refractivity contribution in [3.63, 3.8) is 0 Å². The van der Waals surface area contributed by atoms with E-state index in [1.54, 1.807) is 33.5 Å². The second-order valence-electron chi connectivity index (χ2n) is 6.03. The van der Waals surface area contributed by atoms with Gasteiger partial charge in [0.05, 0.1) is 21.3 Å². The van der Waals surface area contributed by atoms with Crippen molar-refractivity contribution >= 4 is 12.4 Å². The van der Waals surface area contributed by atoms with Crippen LogP contribution in [0.25, 0.3) is 0 Å². The summed E-state index contributed by atoms with van der Waals surface area (Å²) in [5.74, 6) is 1.61. The number of benzene rings is 2. The average Bonchev–Trinajstić information content (AvgIpc) is 2.62. The van der Waals surface area contributed by atoms with Gasteiger partial charge in [-0.2, -0.15) is 0 Å². The van der Waals surface area contributed by atoms with Crippen LogP contribution in [0.15, 0.2) is 24.3 Å². The fourth-order valence-electron chi connectivity index (χ4n) is 3.34. The quantitative estimate of drug-likeness (QED) is 0.664. The van der Waals surface area contributed by atoms with Crippen LogP contribution in [0.3, 0.4) is 0 Å². The second kappa shape index (κ2) is 9.55. The van der Waals surface area contributed by atoms with E-state index in [1.807, 2.05) is 12.1 Å². The van der Waals surface area contributed by atoms with Crippen LogP contribution >= 0.6 is 12.4 Å². The minimum absolute atomic E-state index is 0. The summed E-state index contributed by atoms with van der Waals surface area (Å²) >= 11 is 0. The molecule has 3 rings (SSSR count). The summed E-state index contributed by atoms with van der Waals surface area (Å²) < 4.78 is 16.2. The lowest BCUT2D eigenvalue weighted by atomic mass is 9.89. The Bertz CT molecular complexity index is 758. The molecule has 1 heterocycles. The smallest absolute Gasteiger partial charge is 0.203 e. The van der Waals surface area contributed by atoms with E-state index in [2.05, 4.69) is 5.32 Å². The first-order chi connectivity index (χ1) is 12.1. The Hall–Kier alpha value is -2.35. The molecule has 27 heavy (non-hydrogen) atoms. The van der Waals surface area contributed by atoms with Crippen molar-refractivity contribution in [3.05, 3.63) is 41.0 Å². The summed E-state index contributed by atoms with van der Waals surface area (Å²) in [6.07, 6.45) is 1.50. The number of phenols is 2. The third kappa shape index (κ3) is 4.50. The van der Waals surface area contributed by atoms with E-state index in [9.17, 15) is 10.2 Å². The van der Waals surface area contributed by atoms with Gasteiger partial charge in [0.25, 0.3) is 0 Å². The first-order valence-electron chi connectivity index (χ1n) is 8.14. The van der Waals surface area contributed by atoms with Gasteiger partial charge in [-0.1, -0.05) is 0 Å². The molecular weight excluding hydrogens is 374 g/mol. The topological polar surface area (TPSA) is 112 Å². The zero-order valence-corrected chi connectivity index (χ0v) is 16.4. The van der Waals surface area contributed by atoms with Gasteiger partial charge in [0.2, 0.25) is 5.75 Å². The number of nitrogens with one attached hydrogen (secondary N) is 1. The molecule has 8 heteroatoms. The summed E-state index contributed by atoms with van der Waals surface area (Å²) in [5, 5.41) is 23.1. The molecular formula is C19H26ClNO6. The van der Waals surface area contributed by atoms with Crippen molar-refractivity contribution in [1.82, 2.24) is 5.32 Å². The minimum atomic E-state index is -0.0997. The zero-order valence-electron chi connectivity index (χ0n) is 15.5. The van der Waals surface area contributed by atoms with Crippen LogP contribution in [0.4, 0.5) is 0 Å². The summed E-state index contributed by atoms with van der Waals surface area (Å²) in [6.45, 7) is 0.812. The Labute approximate surface area is 164 Å². The Kier molecular flexibility index (Phi) is 8.02. The minimum Gasteiger partial charge on any atom is -0.504 e. The monoisotopic (exact) mass is 399 g/mol. The number of rotatable bonds is 5. The van der Waals surface area contributed by atoms with Crippen LogP contribution in [0.1, 0.15) is 22.7 Å². The van der Waals surface area contributed by atoms with Crippen LogP contribution in [-0.2, 0) is 12.8 Å². The average molecular weight is 400 g/mol. The van der Waals surface area contributed by atoms with E-state index < -0.39 is 0 Å².